The molecule has 2 nitrogen and oxygen atoms in total. The minimum Gasteiger partial charge on any atom is -0.434 e. The van der Waals surface area contributed by atoms with Crippen LogP contribution >= 0.6 is 46.4 Å². The molecule has 0 rings (SSSR count). The van der Waals surface area contributed by atoms with E-state index in [2.05, 4.69) is 4.74 Å². The van der Waals surface area contributed by atoms with Gasteiger partial charge in [0.1, 0.15) is 0 Å². The van der Waals surface area contributed by atoms with E-state index in [1.165, 1.54) is 6.92 Å². The minimum atomic E-state index is -0.873. The lowest BCUT2D eigenvalue weighted by Gasteiger charge is -1.97. The summed E-state index contributed by atoms with van der Waals surface area (Å²) in [7, 11) is 0. The molecule has 0 radical (unpaired) electrons. The average molecular weight is 228 g/mol. The molecule has 6 heteroatoms. The largest absolute Gasteiger partial charge is 0.434 e. The third-order valence-corrected chi connectivity index (χ3v) is 0.433. The van der Waals surface area contributed by atoms with Gasteiger partial charge < -0.3 is 4.74 Å². The third kappa shape index (κ3) is 23.4. The summed E-state index contributed by atoms with van der Waals surface area (Å²) in [6.07, 6.45) is 0. The van der Waals surface area contributed by atoms with Gasteiger partial charge in [0, 0.05) is 11.6 Å². The van der Waals surface area contributed by atoms with Gasteiger partial charge in [-0.1, -0.05) is 11.6 Å². The van der Waals surface area contributed by atoms with Crippen molar-refractivity contribution in [1.82, 2.24) is 0 Å². The van der Waals surface area contributed by atoms with E-state index in [-0.39, 0.29) is 5.34 Å². The fraction of sp³-hybridized carbons (Fsp3) is 0.750. The Morgan fingerprint density at radius 1 is 1.60 bits per heavy atom. The lowest BCUT2D eigenvalue weighted by atomic mass is 10.9. The zero-order valence-corrected chi connectivity index (χ0v) is 8.14. The number of hydrogen-bond acceptors (Lipinski definition) is 2. The third-order valence-electron chi connectivity index (χ3n) is 0.255. The highest BCUT2D eigenvalue weighted by atomic mass is 35.5. The van der Waals surface area contributed by atoms with E-state index < -0.39 is 11.0 Å². The van der Waals surface area contributed by atoms with Gasteiger partial charge >= 0.3 is 5.43 Å². The van der Waals surface area contributed by atoms with E-state index in [1.807, 2.05) is 0 Å². The van der Waals surface area contributed by atoms with Gasteiger partial charge in [-0.15, -0.1) is 23.2 Å². The lowest BCUT2D eigenvalue weighted by molar-refractivity contribution is 0.166. The van der Waals surface area contributed by atoms with Gasteiger partial charge in [-0.2, -0.15) is 0 Å². The van der Waals surface area contributed by atoms with Crippen molar-refractivity contribution in [3.8, 4) is 0 Å². The van der Waals surface area contributed by atoms with Gasteiger partial charge in [-0.3, -0.25) is 0 Å². The molecule has 0 aliphatic rings. The van der Waals surface area contributed by atoms with Crippen LogP contribution in [0.25, 0.3) is 0 Å². The molecule has 0 aromatic rings. The van der Waals surface area contributed by atoms with Crippen molar-refractivity contribution < 1.29 is 9.53 Å². The van der Waals surface area contributed by atoms with Crippen LogP contribution in [0.5, 0.6) is 0 Å². The molecule has 0 aliphatic carbocycles. The van der Waals surface area contributed by atoms with E-state index in [4.69, 9.17) is 46.4 Å². The molecule has 0 amide bonds. The van der Waals surface area contributed by atoms with E-state index in [0.29, 0.717) is 0 Å². The Kier molecular flexibility index (Phi) is 12.7. The fourth-order valence-corrected chi connectivity index (χ4v) is 0.388. The number of ether oxygens (including phenoxy) is 1. The summed E-state index contributed by atoms with van der Waals surface area (Å²) in [6, 6.07) is 0. The second-order valence-electron chi connectivity index (χ2n) is 1.000. The topological polar surface area (TPSA) is 26.3 Å². The first-order valence-electron chi connectivity index (χ1n) is 2.16. The summed E-state index contributed by atoms with van der Waals surface area (Å²) in [5.41, 5.74) is -1.51. The summed E-state index contributed by atoms with van der Waals surface area (Å²) >= 11 is 19.4. The van der Waals surface area contributed by atoms with Crippen molar-refractivity contribution >= 4 is 51.8 Å². The van der Waals surface area contributed by atoms with Crippen LogP contribution in [-0.4, -0.2) is 16.3 Å². The highest BCUT2D eigenvalue weighted by Gasteiger charge is 1.98. The summed E-state index contributed by atoms with van der Waals surface area (Å²) in [6.45, 7) is 1.50. The molecule has 10 heavy (non-hydrogen) atoms. The predicted octanol–water partition coefficient (Wildman–Crippen LogP) is 3.37. The SMILES string of the molecule is CC(Cl)OC(=O)Cl.ClCCl. The first-order valence-corrected chi connectivity index (χ1v) is 4.05. The van der Waals surface area contributed by atoms with Crippen molar-refractivity contribution in [3.05, 3.63) is 0 Å². The molecular formula is C4H6Cl4O2. The Hall–Kier alpha value is 0.630. The molecule has 1 atom stereocenters. The number of carbonyl (C=O) groups excluding carboxylic acids is 1. The van der Waals surface area contributed by atoms with E-state index in [1.54, 1.807) is 0 Å². The molecule has 0 N–H and O–H groups in total. The maximum absolute atomic E-state index is 9.71. The van der Waals surface area contributed by atoms with Crippen LogP contribution in [0.2, 0.25) is 0 Å². The van der Waals surface area contributed by atoms with Crippen LogP contribution in [0, 0.1) is 0 Å². The number of alkyl halides is 3. The van der Waals surface area contributed by atoms with Crippen molar-refractivity contribution in [1.29, 1.82) is 0 Å². The van der Waals surface area contributed by atoms with Crippen molar-refractivity contribution in [2.24, 2.45) is 0 Å². The monoisotopic (exact) mass is 226 g/mol. The van der Waals surface area contributed by atoms with Crippen LogP contribution in [0.3, 0.4) is 0 Å². The minimum absolute atomic E-state index is 0.194. The molecular weight excluding hydrogens is 222 g/mol. The van der Waals surface area contributed by atoms with Gasteiger partial charge in [-0.25, -0.2) is 4.79 Å². The van der Waals surface area contributed by atoms with Crippen LogP contribution in [0.15, 0.2) is 0 Å². The zero-order valence-electron chi connectivity index (χ0n) is 5.11. The van der Waals surface area contributed by atoms with E-state index >= 15 is 0 Å². The Labute approximate surface area is 79.3 Å². The highest BCUT2D eigenvalue weighted by molar-refractivity contribution is 6.61. The first-order chi connectivity index (χ1) is 4.54. The smallest absolute Gasteiger partial charge is 0.405 e. The molecule has 62 valence electrons. The second-order valence-corrected chi connectivity index (χ2v) is 2.73. The normalized spacial score (nSPS) is 10.9. The number of halogens is 4. The Balaban J connectivity index is 0. The molecule has 0 heterocycles. The molecule has 0 aromatic heterocycles. The maximum atomic E-state index is 9.71. The van der Waals surface area contributed by atoms with Gasteiger partial charge in [0.25, 0.3) is 0 Å². The summed E-state index contributed by atoms with van der Waals surface area (Å²) in [5.74, 6) is 0. The van der Waals surface area contributed by atoms with Crippen molar-refractivity contribution in [2.45, 2.75) is 12.5 Å². The predicted molar refractivity (Wildman–Crippen MR) is 44.2 cm³/mol. The fourth-order valence-electron chi connectivity index (χ4n) is 0.128. The number of carbonyl (C=O) groups is 1. The molecule has 0 saturated heterocycles. The van der Waals surface area contributed by atoms with Gasteiger partial charge in [0.15, 0.2) is 5.56 Å². The number of hydrogen-bond donors (Lipinski definition) is 0. The maximum Gasteiger partial charge on any atom is 0.405 e. The van der Waals surface area contributed by atoms with Crippen LogP contribution < -0.4 is 0 Å². The van der Waals surface area contributed by atoms with Crippen LogP contribution in [0.4, 0.5) is 4.79 Å². The highest BCUT2D eigenvalue weighted by Crippen LogP contribution is 1.98. The van der Waals surface area contributed by atoms with Gasteiger partial charge in [0.05, 0.1) is 5.34 Å². The second kappa shape index (κ2) is 9.63. The van der Waals surface area contributed by atoms with Crippen molar-refractivity contribution in [3.63, 3.8) is 0 Å². The molecule has 1 unspecified atom stereocenters. The first kappa shape index (κ1) is 13.2. The Morgan fingerprint density at radius 3 is 1.90 bits per heavy atom. The van der Waals surface area contributed by atoms with Crippen molar-refractivity contribution in [2.75, 3.05) is 5.34 Å². The molecule has 0 bridgehead atoms. The molecule has 0 saturated carbocycles. The average Bonchev–Trinajstić information content (AvgIpc) is 1.62. The summed E-state index contributed by atoms with van der Waals surface area (Å²) < 4.78 is 4.14. The molecule has 0 aliphatic heterocycles. The zero-order chi connectivity index (χ0) is 8.57. The van der Waals surface area contributed by atoms with E-state index in [0.717, 1.165) is 0 Å². The van der Waals surface area contributed by atoms with Gasteiger partial charge in [-0.05, 0) is 6.92 Å². The Morgan fingerprint density at radius 2 is 1.90 bits per heavy atom. The Bertz CT molecular complexity index is 85.3. The summed E-state index contributed by atoms with van der Waals surface area (Å²) in [4.78, 5) is 9.71. The lowest BCUT2D eigenvalue weighted by Crippen LogP contribution is -1.99. The van der Waals surface area contributed by atoms with Crippen LogP contribution in [-0.2, 0) is 4.74 Å². The summed E-state index contributed by atoms with van der Waals surface area (Å²) in [5, 5.41) is 0.194. The van der Waals surface area contributed by atoms with E-state index in [9.17, 15) is 4.79 Å². The standard InChI is InChI=1S/C3H4Cl2O2.CH2Cl2/c1-2(4)7-3(5)6;2-1-3/h2H,1H3;1H2. The van der Waals surface area contributed by atoms with Gasteiger partial charge in [0.2, 0.25) is 0 Å². The molecule has 0 spiro atoms. The number of rotatable bonds is 1. The molecule has 0 fully saturated rings. The quantitative estimate of drug-likeness (QED) is 0.507. The van der Waals surface area contributed by atoms with Crippen LogP contribution in [0.1, 0.15) is 6.92 Å². The molecule has 0 aromatic carbocycles.